The fourth-order valence-electron chi connectivity index (χ4n) is 3.45. The number of hydrogen-bond donors (Lipinski definition) is 1. The molecule has 0 radical (unpaired) electrons. The molecule has 0 aliphatic carbocycles. The Morgan fingerprint density at radius 2 is 2.03 bits per heavy atom. The quantitative estimate of drug-likeness (QED) is 0.455. The molecule has 30 heavy (non-hydrogen) atoms. The van der Waals surface area contributed by atoms with Crippen LogP contribution in [-0.4, -0.2) is 24.5 Å². The number of methoxy groups -OCH3 is 1. The van der Waals surface area contributed by atoms with Crippen molar-refractivity contribution < 1.29 is 13.9 Å². The number of rotatable bonds is 7. The number of aromatic nitrogens is 1. The van der Waals surface area contributed by atoms with E-state index in [0.717, 1.165) is 26.2 Å². The van der Waals surface area contributed by atoms with E-state index in [1.165, 1.54) is 0 Å². The standard InChI is InChI=1S/C23H22N2O4S/c1-14-16-8-7-15(28-2)13-19(16)29-23(27)17(14)9-10-21(26)24-12-11-22-25-18-5-3-4-6-20(18)30-22/h3-8,13H,9-12H2,1-2H3,(H,24,26). The Labute approximate surface area is 177 Å². The summed E-state index contributed by atoms with van der Waals surface area (Å²) in [7, 11) is 1.57. The van der Waals surface area contributed by atoms with Gasteiger partial charge < -0.3 is 14.5 Å². The van der Waals surface area contributed by atoms with Crippen LogP contribution in [-0.2, 0) is 17.6 Å². The van der Waals surface area contributed by atoms with Crippen LogP contribution in [0, 0.1) is 6.92 Å². The van der Waals surface area contributed by atoms with E-state index in [1.807, 2.05) is 43.3 Å². The lowest BCUT2D eigenvalue weighted by Gasteiger charge is -2.09. The number of carbonyl (C=O) groups excluding carboxylic acids is 1. The second-order valence-electron chi connectivity index (χ2n) is 7.03. The molecule has 0 atom stereocenters. The van der Waals surface area contributed by atoms with E-state index in [2.05, 4.69) is 10.3 Å². The van der Waals surface area contributed by atoms with Gasteiger partial charge in [0.1, 0.15) is 11.3 Å². The van der Waals surface area contributed by atoms with Crippen molar-refractivity contribution in [3.8, 4) is 5.75 Å². The first kappa shape index (κ1) is 20.1. The van der Waals surface area contributed by atoms with Crippen molar-refractivity contribution in [2.45, 2.75) is 26.2 Å². The first-order valence-corrected chi connectivity index (χ1v) is 10.6. The normalized spacial score (nSPS) is 11.1. The van der Waals surface area contributed by atoms with Gasteiger partial charge in [0, 0.05) is 36.4 Å². The number of ether oxygens (including phenoxy) is 1. The maximum Gasteiger partial charge on any atom is 0.339 e. The number of hydrogen-bond acceptors (Lipinski definition) is 6. The van der Waals surface area contributed by atoms with Gasteiger partial charge in [-0.25, -0.2) is 9.78 Å². The minimum atomic E-state index is -0.407. The molecule has 0 aliphatic rings. The van der Waals surface area contributed by atoms with Crippen LogP contribution in [0.5, 0.6) is 5.75 Å². The van der Waals surface area contributed by atoms with Crippen molar-refractivity contribution in [2.24, 2.45) is 0 Å². The Morgan fingerprint density at radius 1 is 1.20 bits per heavy atom. The molecule has 1 N–H and O–H groups in total. The first-order valence-electron chi connectivity index (χ1n) is 9.76. The molecule has 0 aliphatic heterocycles. The molecule has 0 fully saturated rings. The van der Waals surface area contributed by atoms with Gasteiger partial charge in [0.15, 0.2) is 0 Å². The summed E-state index contributed by atoms with van der Waals surface area (Å²) >= 11 is 1.64. The summed E-state index contributed by atoms with van der Waals surface area (Å²) in [5.74, 6) is 0.537. The fraction of sp³-hybridized carbons (Fsp3) is 0.261. The topological polar surface area (TPSA) is 81.4 Å². The summed E-state index contributed by atoms with van der Waals surface area (Å²) < 4.78 is 11.8. The van der Waals surface area contributed by atoms with Crippen LogP contribution in [0.25, 0.3) is 21.2 Å². The molecular formula is C23H22N2O4S. The van der Waals surface area contributed by atoms with Crippen LogP contribution in [0.4, 0.5) is 0 Å². The lowest BCUT2D eigenvalue weighted by Crippen LogP contribution is -2.26. The Balaban J connectivity index is 1.36. The minimum absolute atomic E-state index is 0.0928. The van der Waals surface area contributed by atoms with Crippen molar-refractivity contribution in [3.05, 3.63) is 69.0 Å². The number of nitrogens with one attached hydrogen (secondary N) is 1. The highest BCUT2D eigenvalue weighted by molar-refractivity contribution is 7.18. The minimum Gasteiger partial charge on any atom is -0.497 e. The average Bonchev–Trinajstić information content (AvgIpc) is 3.16. The molecule has 4 rings (SSSR count). The molecular weight excluding hydrogens is 400 g/mol. The molecule has 7 heteroatoms. The molecule has 2 heterocycles. The van der Waals surface area contributed by atoms with Crippen molar-refractivity contribution >= 4 is 38.4 Å². The molecule has 1 amide bonds. The zero-order valence-electron chi connectivity index (χ0n) is 16.9. The second kappa shape index (κ2) is 8.67. The highest BCUT2D eigenvalue weighted by Crippen LogP contribution is 2.24. The van der Waals surface area contributed by atoms with Gasteiger partial charge in [-0.05, 0) is 43.2 Å². The summed E-state index contributed by atoms with van der Waals surface area (Å²) in [5, 5.41) is 4.76. The van der Waals surface area contributed by atoms with E-state index in [-0.39, 0.29) is 12.3 Å². The predicted molar refractivity (Wildman–Crippen MR) is 118 cm³/mol. The zero-order chi connectivity index (χ0) is 21.1. The molecule has 0 bridgehead atoms. The Hall–Kier alpha value is -3.19. The third kappa shape index (κ3) is 4.21. The number of para-hydroxylation sites is 1. The molecule has 4 aromatic rings. The largest absolute Gasteiger partial charge is 0.497 e. The summed E-state index contributed by atoms with van der Waals surface area (Å²) in [6, 6.07) is 13.4. The van der Waals surface area contributed by atoms with E-state index < -0.39 is 5.63 Å². The highest BCUT2D eigenvalue weighted by Gasteiger charge is 2.14. The molecule has 2 aromatic heterocycles. The number of nitrogens with zero attached hydrogens (tertiary/aromatic N) is 1. The molecule has 0 unspecified atom stereocenters. The van der Waals surface area contributed by atoms with Crippen molar-refractivity contribution in [1.29, 1.82) is 0 Å². The van der Waals surface area contributed by atoms with Crippen molar-refractivity contribution in [1.82, 2.24) is 10.3 Å². The number of aryl methyl sites for hydroxylation is 1. The van der Waals surface area contributed by atoms with Gasteiger partial charge in [-0.3, -0.25) is 4.79 Å². The lowest BCUT2D eigenvalue weighted by molar-refractivity contribution is -0.121. The van der Waals surface area contributed by atoms with Gasteiger partial charge in [0.2, 0.25) is 5.91 Å². The maximum absolute atomic E-state index is 12.4. The summed E-state index contributed by atoms with van der Waals surface area (Å²) in [6.45, 7) is 2.40. The SMILES string of the molecule is COc1ccc2c(C)c(CCC(=O)NCCc3nc4ccccc4s3)c(=O)oc2c1. The van der Waals surface area contributed by atoms with Gasteiger partial charge in [-0.15, -0.1) is 11.3 Å². The van der Waals surface area contributed by atoms with Crippen LogP contribution in [0.2, 0.25) is 0 Å². The Bertz CT molecular complexity index is 1240. The smallest absolute Gasteiger partial charge is 0.339 e. The van der Waals surface area contributed by atoms with Crippen molar-refractivity contribution in [3.63, 3.8) is 0 Å². The molecule has 0 saturated carbocycles. The van der Waals surface area contributed by atoms with E-state index in [1.54, 1.807) is 24.5 Å². The predicted octanol–water partition coefficient (Wildman–Crippen LogP) is 4.01. The van der Waals surface area contributed by atoms with E-state index in [0.29, 0.717) is 36.3 Å². The summed E-state index contributed by atoms with van der Waals surface area (Å²) in [4.78, 5) is 29.2. The van der Waals surface area contributed by atoms with Gasteiger partial charge in [-0.2, -0.15) is 0 Å². The van der Waals surface area contributed by atoms with Crippen molar-refractivity contribution in [2.75, 3.05) is 13.7 Å². The maximum atomic E-state index is 12.4. The summed E-state index contributed by atoms with van der Waals surface area (Å²) in [6.07, 6.45) is 1.25. The zero-order valence-corrected chi connectivity index (χ0v) is 17.7. The van der Waals surface area contributed by atoms with Crippen LogP contribution < -0.4 is 15.7 Å². The highest BCUT2D eigenvalue weighted by atomic mass is 32.1. The number of fused-ring (bicyclic) bond motifs is 2. The molecule has 0 spiro atoms. The van der Waals surface area contributed by atoms with Crippen LogP contribution in [0.1, 0.15) is 22.6 Å². The molecule has 154 valence electrons. The van der Waals surface area contributed by atoms with Gasteiger partial charge in [-0.1, -0.05) is 12.1 Å². The Kier molecular flexibility index (Phi) is 5.81. The Morgan fingerprint density at radius 3 is 2.83 bits per heavy atom. The second-order valence-corrected chi connectivity index (χ2v) is 8.15. The number of carbonyl (C=O) groups is 1. The van der Waals surface area contributed by atoms with Gasteiger partial charge in [0.05, 0.1) is 22.3 Å². The van der Waals surface area contributed by atoms with Gasteiger partial charge in [0.25, 0.3) is 0 Å². The van der Waals surface area contributed by atoms with Crippen LogP contribution >= 0.6 is 11.3 Å². The third-order valence-electron chi connectivity index (χ3n) is 5.10. The van der Waals surface area contributed by atoms with E-state index in [4.69, 9.17) is 9.15 Å². The molecule has 6 nitrogen and oxygen atoms in total. The number of benzene rings is 2. The monoisotopic (exact) mass is 422 g/mol. The third-order valence-corrected chi connectivity index (χ3v) is 6.19. The molecule has 2 aromatic carbocycles. The number of thiazole rings is 1. The van der Waals surface area contributed by atoms with Gasteiger partial charge >= 0.3 is 5.63 Å². The van der Waals surface area contributed by atoms with Crippen LogP contribution in [0.3, 0.4) is 0 Å². The van der Waals surface area contributed by atoms with Crippen LogP contribution in [0.15, 0.2) is 51.7 Å². The fourth-order valence-corrected chi connectivity index (χ4v) is 4.42. The average molecular weight is 423 g/mol. The molecule has 0 saturated heterocycles. The number of amides is 1. The lowest BCUT2D eigenvalue weighted by atomic mass is 10.0. The van der Waals surface area contributed by atoms with E-state index >= 15 is 0 Å². The van der Waals surface area contributed by atoms with E-state index in [9.17, 15) is 9.59 Å². The first-order chi connectivity index (χ1) is 14.5. The summed E-state index contributed by atoms with van der Waals surface area (Å²) in [5.41, 5.74) is 2.44.